The summed E-state index contributed by atoms with van der Waals surface area (Å²) in [5.74, 6) is -0.685. The van der Waals surface area contributed by atoms with Crippen LogP contribution in [0.15, 0.2) is 0 Å². The molecule has 0 aromatic heterocycles. The van der Waals surface area contributed by atoms with Crippen molar-refractivity contribution in [3.8, 4) is 0 Å². The normalized spacial score (nSPS) is 17.5. The molecule has 0 rings (SSSR count). The lowest BCUT2D eigenvalue weighted by Crippen LogP contribution is -2.19. The van der Waals surface area contributed by atoms with Crippen molar-refractivity contribution < 1.29 is 39.6 Å². The third-order valence-electron chi connectivity index (χ3n) is 5.46. The molecule has 0 saturated heterocycles. The number of ketones is 4. The summed E-state index contributed by atoms with van der Waals surface area (Å²) in [6.45, 7) is 19.3. The Labute approximate surface area is 194 Å². The average Bonchev–Trinajstić information content (AvgIpc) is 2.65. The Morgan fingerprint density at radius 3 is 0.469 bits per heavy atom. The SMILES string of the molecule is CC(=O)[C@@H](C)[C@@H](C)O.CC(=O)[C@@H](C)[C@H](C)O.CC(=O)[C@H](C)[C@@H](C)O.CC(=O)[C@H](C)[C@H](C)O. The average molecular weight is 465 g/mol. The predicted octanol–water partition coefficient (Wildman–Crippen LogP) is 2.37. The van der Waals surface area contributed by atoms with E-state index in [9.17, 15) is 19.2 Å². The summed E-state index contributed by atoms with van der Waals surface area (Å²) in [7, 11) is 0. The van der Waals surface area contributed by atoms with Crippen molar-refractivity contribution in [3.63, 3.8) is 0 Å². The Kier molecular flexibility index (Phi) is 23.8. The van der Waals surface area contributed by atoms with E-state index in [-0.39, 0.29) is 46.8 Å². The molecule has 0 aromatic rings. The van der Waals surface area contributed by atoms with Gasteiger partial charge in [0, 0.05) is 23.7 Å². The Hall–Kier alpha value is -1.48. The lowest BCUT2D eigenvalue weighted by atomic mass is 10.0. The Bertz CT molecular complexity index is 442. The van der Waals surface area contributed by atoms with Crippen molar-refractivity contribution in [3.05, 3.63) is 0 Å². The van der Waals surface area contributed by atoms with Crippen molar-refractivity contribution in [2.45, 2.75) is 108 Å². The molecule has 8 nitrogen and oxygen atoms in total. The van der Waals surface area contributed by atoms with Gasteiger partial charge in [-0.15, -0.1) is 0 Å². The van der Waals surface area contributed by atoms with E-state index in [2.05, 4.69) is 0 Å². The van der Waals surface area contributed by atoms with E-state index in [4.69, 9.17) is 20.4 Å². The molecule has 0 heterocycles. The molecule has 8 heteroatoms. The van der Waals surface area contributed by atoms with Crippen LogP contribution >= 0.6 is 0 Å². The molecule has 0 fully saturated rings. The predicted molar refractivity (Wildman–Crippen MR) is 126 cm³/mol. The maximum atomic E-state index is 10.4. The molecule has 0 radical (unpaired) electrons. The number of Topliss-reactive ketones (excluding diaryl/α,β-unsaturated/α-hetero) is 4. The van der Waals surface area contributed by atoms with E-state index in [1.54, 1.807) is 55.4 Å². The highest BCUT2D eigenvalue weighted by atomic mass is 16.3. The molecule has 8 atom stereocenters. The quantitative estimate of drug-likeness (QED) is 0.428. The van der Waals surface area contributed by atoms with Crippen LogP contribution in [0, 0.1) is 23.7 Å². The minimum Gasteiger partial charge on any atom is -0.393 e. The van der Waals surface area contributed by atoms with Gasteiger partial charge in [0.25, 0.3) is 0 Å². The van der Waals surface area contributed by atoms with E-state index < -0.39 is 24.4 Å². The summed E-state index contributed by atoms with van der Waals surface area (Å²) in [4.78, 5) is 41.7. The van der Waals surface area contributed by atoms with Crippen LogP contribution in [0.4, 0.5) is 0 Å². The summed E-state index contributed by atoms with van der Waals surface area (Å²) in [5.41, 5.74) is 0. The van der Waals surface area contributed by atoms with Crippen LogP contribution in [-0.2, 0) is 19.2 Å². The molecule has 0 amide bonds. The molecule has 32 heavy (non-hydrogen) atoms. The first-order valence-electron chi connectivity index (χ1n) is 11.0. The van der Waals surface area contributed by atoms with E-state index in [0.717, 1.165) is 0 Å². The Morgan fingerprint density at radius 1 is 0.375 bits per heavy atom. The highest BCUT2D eigenvalue weighted by Crippen LogP contribution is 2.03. The van der Waals surface area contributed by atoms with Crippen molar-refractivity contribution in [2.75, 3.05) is 0 Å². The minimum absolute atomic E-state index is 0.0417. The van der Waals surface area contributed by atoms with Crippen molar-refractivity contribution >= 4 is 23.1 Å². The van der Waals surface area contributed by atoms with Gasteiger partial charge in [-0.3, -0.25) is 19.2 Å². The van der Waals surface area contributed by atoms with Crippen LogP contribution in [0.25, 0.3) is 0 Å². The second-order valence-corrected chi connectivity index (χ2v) is 8.56. The first kappa shape index (κ1) is 37.8. The minimum atomic E-state index is -0.507. The number of aliphatic hydroxyl groups excluding tert-OH is 4. The molecular formula is C24H48O8. The maximum Gasteiger partial charge on any atom is 0.135 e. The first-order valence-corrected chi connectivity index (χ1v) is 11.0. The van der Waals surface area contributed by atoms with Gasteiger partial charge < -0.3 is 20.4 Å². The van der Waals surface area contributed by atoms with E-state index in [1.807, 2.05) is 0 Å². The molecule has 0 unspecified atom stereocenters. The maximum absolute atomic E-state index is 10.4. The fourth-order valence-corrected chi connectivity index (χ4v) is 1.36. The molecule has 0 aliphatic rings. The number of carbonyl (C=O) groups is 4. The standard InChI is InChI=1S/4C6H12O2/c4*1-4(5(2)7)6(3)8/h4*4-5,7H,1-3H3/t2*4-,5+;2*4-,5-/m1010/s1. The number of carbonyl (C=O) groups excluding carboxylic acids is 4. The van der Waals surface area contributed by atoms with Gasteiger partial charge in [-0.05, 0) is 55.4 Å². The fraction of sp³-hybridized carbons (Fsp3) is 0.833. The molecule has 0 aromatic carbocycles. The summed E-state index contributed by atoms with van der Waals surface area (Å²) in [5, 5.41) is 35.1. The van der Waals surface area contributed by atoms with Gasteiger partial charge in [-0.2, -0.15) is 0 Å². The third-order valence-corrected chi connectivity index (χ3v) is 5.46. The van der Waals surface area contributed by atoms with Gasteiger partial charge in [-0.1, -0.05) is 27.7 Å². The van der Waals surface area contributed by atoms with E-state index in [0.29, 0.717) is 0 Å². The smallest absolute Gasteiger partial charge is 0.135 e. The van der Waals surface area contributed by atoms with Crippen LogP contribution in [0.1, 0.15) is 83.1 Å². The van der Waals surface area contributed by atoms with Crippen molar-refractivity contribution in [2.24, 2.45) is 23.7 Å². The van der Waals surface area contributed by atoms with Crippen LogP contribution in [-0.4, -0.2) is 68.0 Å². The van der Waals surface area contributed by atoms with Crippen LogP contribution in [0.2, 0.25) is 0 Å². The molecule has 0 aliphatic carbocycles. The molecule has 0 spiro atoms. The number of aliphatic hydroxyl groups is 4. The lowest BCUT2D eigenvalue weighted by Gasteiger charge is -2.08. The zero-order valence-electron chi connectivity index (χ0n) is 22.0. The van der Waals surface area contributed by atoms with Crippen LogP contribution in [0.3, 0.4) is 0 Å². The summed E-state index contributed by atoms with van der Waals surface area (Å²) < 4.78 is 0. The highest BCUT2D eigenvalue weighted by Gasteiger charge is 2.14. The third kappa shape index (κ3) is 23.2. The monoisotopic (exact) mass is 464 g/mol. The van der Waals surface area contributed by atoms with E-state index >= 15 is 0 Å². The number of rotatable bonds is 8. The second-order valence-electron chi connectivity index (χ2n) is 8.56. The van der Waals surface area contributed by atoms with Gasteiger partial charge in [0.2, 0.25) is 0 Å². The van der Waals surface area contributed by atoms with Crippen molar-refractivity contribution in [1.82, 2.24) is 0 Å². The van der Waals surface area contributed by atoms with Crippen LogP contribution in [0.5, 0.6) is 0 Å². The zero-order chi connectivity index (χ0) is 26.9. The fourth-order valence-electron chi connectivity index (χ4n) is 1.36. The van der Waals surface area contributed by atoms with Gasteiger partial charge in [0.1, 0.15) is 23.1 Å². The molecule has 0 bridgehead atoms. The second kappa shape index (κ2) is 20.1. The Balaban J connectivity index is -0.000000163. The van der Waals surface area contributed by atoms with Gasteiger partial charge in [0.05, 0.1) is 24.4 Å². The number of hydrogen-bond acceptors (Lipinski definition) is 8. The Morgan fingerprint density at radius 2 is 0.469 bits per heavy atom. The highest BCUT2D eigenvalue weighted by molar-refractivity contribution is 5.79. The molecule has 0 aliphatic heterocycles. The van der Waals surface area contributed by atoms with Gasteiger partial charge in [-0.25, -0.2) is 0 Å². The number of hydrogen-bond donors (Lipinski definition) is 4. The molecule has 4 N–H and O–H groups in total. The molecule has 0 saturated carbocycles. The largest absolute Gasteiger partial charge is 0.393 e. The summed E-state index contributed by atoms with van der Waals surface area (Å²) in [6, 6.07) is 0. The van der Waals surface area contributed by atoms with Crippen LogP contribution < -0.4 is 0 Å². The summed E-state index contributed by atoms with van der Waals surface area (Å²) >= 11 is 0. The van der Waals surface area contributed by atoms with Crippen molar-refractivity contribution in [1.29, 1.82) is 0 Å². The van der Waals surface area contributed by atoms with Gasteiger partial charge in [0.15, 0.2) is 0 Å². The lowest BCUT2D eigenvalue weighted by molar-refractivity contribution is -0.123. The molecule has 192 valence electrons. The zero-order valence-corrected chi connectivity index (χ0v) is 22.0. The van der Waals surface area contributed by atoms with E-state index in [1.165, 1.54) is 27.7 Å². The molecular weight excluding hydrogens is 416 g/mol. The summed E-state index contributed by atoms with van der Waals surface area (Å²) in [6.07, 6.45) is -2.03. The topological polar surface area (TPSA) is 149 Å². The van der Waals surface area contributed by atoms with Gasteiger partial charge >= 0.3 is 0 Å². The first-order chi connectivity index (χ1) is 14.2.